The number of amides is 1. The number of anilines is 2. The van der Waals surface area contributed by atoms with Crippen LogP contribution in [0, 0.1) is 0 Å². The van der Waals surface area contributed by atoms with Gasteiger partial charge in [-0.15, -0.1) is 10.2 Å². The van der Waals surface area contributed by atoms with E-state index in [1.54, 1.807) is 0 Å². The Morgan fingerprint density at radius 1 is 1.23 bits per heavy atom. The van der Waals surface area contributed by atoms with Gasteiger partial charge in [0.1, 0.15) is 0 Å². The molecule has 2 heterocycles. The van der Waals surface area contributed by atoms with Crippen molar-refractivity contribution in [3.05, 3.63) is 30.3 Å². The Hall–Kier alpha value is -2.06. The number of nitrogens with zero attached hydrogens (tertiary/aromatic N) is 4. The number of carbonyl (C=O) groups excluding carboxylic acids is 1. The van der Waals surface area contributed by atoms with Crippen molar-refractivity contribution in [2.45, 2.75) is 36.2 Å². The topological polar surface area (TPSA) is 72.3 Å². The van der Waals surface area contributed by atoms with E-state index in [4.69, 9.17) is 4.74 Å². The summed E-state index contributed by atoms with van der Waals surface area (Å²) >= 11 is 1.47. The first-order chi connectivity index (χ1) is 12.7. The molecule has 0 bridgehead atoms. The average molecular weight is 373 g/mol. The summed E-state index contributed by atoms with van der Waals surface area (Å²) in [5.41, 5.74) is 0.808. The van der Waals surface area contributed by atoms with E-state index in [0.29, 0.717) is 6.04 Å². The first kappa shape index (κ1) is 17.4. The summed E-state index contributed by atoms with van der Waals surface area (Å²) in [4.78, 5) is 14.7. The molecule has 1 N–H and O–H groups in total. The van der Waals surface area contributed by atoms with E-state index < -0.39 is 0 Å². The minimum atomic E-state index is -0.255. The van der Waals surface area contributed by atoms with Crippen molar-refractivity contribution in [3.8, 4) is 0 Å². The van der Waals surface area contributed by atoms with Gasteiger partial charge < -0.3 is 15.0 Å². The van der Waals surface area contributed by atoms with Gasteiger partial charge in [-0.25, -0.2) is 0 Å². The summed E-state index contributed by atoms with van der Waals surface area (Å²) in [7, 11) is 0. The highest BCUT2D eigenvalue weighted by Gasteiger charge is 2.33. The largest absolute Gasteiger partial charge is 0.378 e. The second kappa shape index (κ2) is 7.67. The van der Waals surface area contributed by atoms with Crippen LogP contribution in [0.2, 0.25) is 0 Å². The van der Waals surface area contributed by atoms with Crippen LogP contribution < -0.4 is 10.2 Å². The average Bonchev–Trinajstić information content (AvgIpc) is 3.43. The Bertz CT molecular complexity index is 756. The van der Waals surface area contributed by atoms with E-state index in [-0.39, 0.29) is 11.2 Å². The zero-order valence-electron chi connectivity index (χ0n) is 14.8. The Morgan fingerprint density at radius 3 is 2.65 bits per heavy atom. The number of para-hydroxylation sites is 1. The van der Waals surface area contributed by atoms with Crippen molar-refractivity contribution in [1.29, 1.82) is 0 Å². The third kappa shape index (κ3) is 3.86. The quantitative estimate of drug-likeness (QED) is 0.785. The predicted molar refractivity (Wildman–Crippen MR) is 102 cm³/mol. The van der Waals surface area contributed by atoms with Crippen LogP contribution in [-0.2, 0) is 9.53 Å². The lowest BCUT2D eigenvalue weighted by Crippen LogP contribution is -2.38. The van der Waals surface area contributed by atoms with Gasteiger partial charge in [-0.2, -0.15) is 0 Å². The summed E-state index contributed by atoms with van der Waals surface area (Å²) in [5.74, 6) is 0.883. The lowest BCUT2D eigenvalue weighted by Gasteiger charge is -2.28. The summed E-state index contributed by atoms with van der Waals surface area (Å²) in [6, 6.07) is 9.97. The van der Waals surface area contributed by atoms with Crippen LogP contribution in [0.25, 0.3) is 0 Å². The molecule has 138 valence electrons. The molecular formula is C18H23N5O2S. The zero-order chi connectivity index (χ0) is 17.9. The third-order valence-corrected chi connectivity index (χ3v) is 5.60. The van der Waals surface area contributed by atoms with E-state index in [9.17, 15) is 4.79 Å². The van der Waals surface area contributed by atoms with E-state index in [2.05, 4.69) is 25.0 Å². The molecule has 8 heteroatoms. The molecule has 1 aliphatic carbocycles. The zero-order valence-corrected chi connectivity index (χ0v) is 15.6. The number of morpholine rings is 1. The van der Waals surface area contributed by atoms with Gasteiger partial charge in [0.15, 0.2) is 5.16 Å². The maximum Gasteiger partial charge on any atom is 0.237 e. The van der Waals surface area contributed by atoms with Gasteiger partial charge in [0.2, 0.25) is 11.9 Å². The van der Waals surface area contributed by atoms with Crippen LogP contribution >= 0.6 is 11.8 Å². The Morgan fingerprint density at radius 2 is 1.96 bits per heavy atom. The van der Waals surface area contributed by atoms with Crippen LogP contribution in [0.15, 0.2) is 35.5 Å². The highest BCUT2D eigenvalue weighted by molar-refractivity contribution is 8.00. The monoisotopic (exact) mass is 373 g/mol. The molecule has 1 aromatic heterocycles. The van der Waals surface area contributed by atoms with Crippen molar-refractivity contribution in [1.82, 2.24) is 14.8 Å². The standard InChI is InChI=1S/C18H23N5O2S/c1-13(16(24)19-14-5-3-2-4-6-14)26-18-21-20-17(23(18)15-7-8-15)22-9-11-25-12-10-22/h2-6,13,15H,7-12H2,1H3,(H,19,24)/t13-/m0/s1. The normalized spacial score (nSPS) is 18.6. The van der Waals surface area contributed by atoms with E-state index in [0.717, 1.165) is 55.9 Å². The molecule has 1 saturated carbocycles. The van der Waals surface area contributed by atoms with Crippen molar-refractivity contribution in [2.24, 2.45) is 0 Å². The Labute approximate surface area is 157 Å². The van der Waals surface area contributed by atoms with Crippen molar-refractivity contribution in [2.75, 3.05) is 36.5 Å². The highest BCUT2D eigenvalue weighted by Crippen LogP contribution is 2.41. The van der Waals surface area contributed by atoms with E-state index in [1.165, 1.54) is 11.8 Å². The number of carbonyl (C=O) groups is 1. The fraction of sp³-hybridized carbons (Fsp3) is 0.500. The molecule has 1 atom stereocenters. The molecular weight excluding hydrogens is 350 g/mol. The lowest BCUT2D eigenvalue weighted by molar-refractivity contribution is -0.115. The predicted octanol–water partition coefficient (Wildman–Crippen LogP) is 2.57. The van der Waals surface area contributed by atoms with E-state index in [1.807, 2.05) is 37.3 Å². The van der Waals surface area contributed by atoms with Gasteiger partial charge in [0.05, 0.1) is 18.5 Å². The molecule has 1 aliphatic heterocycles. The first-order valence-electron chi connectivity index (χ1n) is 9.02. The lowest BCUT2D eigenvalue weighted by atomic mass is 10.3. The number of hydrogen-bond acceptors (Lipinski definition) is 6. The summed E-state index contributed by atoms with van der Waals surface area (Å²) in [6.45, 7) is 5.01. The maximum atomic E-state index is 12.5. The van der Waals surface area contributed by atoms with Crippen LogP contribution in [-0.4, -0.2) is 52.2 Å². The molecule has 26 heavy (non-hydrogen) atoms. The minimum Gasteiger partial charge on any atom is -0.378 e. The molecule has 0 unspecified atom stereocenters. The molecule has 0 spiro atoms. The summed E-state index contributed by atoms with van der Waals surface area (Å²) in [6.07, 6.45) is 2.29. The Balaban J connectivity index is 1.47. The van der Waals surface area contributed by atoms with E-state index >= 15 is 0 Å². The molecule has 1 saturated heterocycles. The SMILES string of the molecule is C[C@H](Sc1nnc(N2CCOCC2)n1C1CC1)C(=O)Nc1ccccc1. The number of aromatic nitrogens is 3. The maximum absolute atomic E-state index is 12.5. The van der Waals surface area contributed by atoms with Crippen LogP contribution in [0.5, 0.6) is 0 Å². The van der Waals surface area contributed by atoms with Gasteiger partial charge in [-0.1, -0.05) is 30.0 Å². The van der Waals surface area contributed by atoms with Gasteiger partial charge >= 0.3 is 0 Å². The van der Waals surface area contributed by atoms with Crippen LogP contribution in [0.4, 0.5) is 11.6 Å². The van der Waals surface area contributed by atoms with Gasteiger partial charge in [0, 0.05) is 24.8 Å². The molecule has 0 radical (unpaired) electrons. The minimum absolute atomic E-state index is 0.0283. The molecule has 1 aromatic carbocycles. The van der Waals surface area contributed by atoms with Gasteiger partial charge in [-0.3, -0.25) is 9.36 Å². The first-order valence-corrected chi connectivity index (χ1v) is 9.90. The highest BCUT2D eigenvalue weighted by atomic mass is 32.2. The Kier molecular flexibility index (Phi) is 5.12. The molecule has 7 nitrogen and oxygen atoms in total. The third-order valence-electron chi connectivity index (χ3n) is 4.55. The van der Waals surface area contributed by atoms with Crippen molar-refractivity contribution >= 4 is 29.3 Å². The van der Waals surface area contributed by atoms with Crippen molar-refractivity contribution in [3.63, 3.8) is 0 Å². The number of ether oxygens (including phenoxy) is 1. The molecule has 1 amide bonds. The fourth-order valence-electron chi connectivity index (χ4n) is 2.96. The van der Waals surface area contributed by atoms with Gasteiger partial charge in [-0.05, 0) is 31.9 Å². The number of thioether (sulfide) groups is 1. The second-order valence-corrected chi connectivity index (χ2v) is 7.91. The molecule has 2 fully saturated rings. The van der Waals surface area contributed by atoms with Crippen LogP contribution in [0.3, 0.4) is 0 Å². The summed E-state index contributed by atoms with van der Waals surface area (Å²) in [5, 5.41) is 12.3. The number of nitrogens with one attached hydrogen (secondary N) is 1. The van der Waals surface area contributed by atoms with Crippen molar-refractivity contribution < 1.29 is 9.53 Å². The number of rotatable bonds is 6. The number of hydrogen-bond donors (Lipinski definition) is 1. The fourth-order valence-corrected chi connectivity index (χ4v) is 3.87. The second-order valence-electron chi connectivity index (χ2n) is 6.60. The van der Waals surface area contributed by atoms with Gasteiger partial charge in [0.25, 0.3) is 0 Å². The molecule has 4 rings (SSSR count). The molecule has 2 aromatic rings. The number of benzene rings is 1. The van der Waals surface area contributed by atoms with Crippen LogP contribution in [0.1, 0.15) is 25.8 Å². The molecule has 2 aliphatic rings. The smallest absolute Gasteiger partial charge is 0.237 e. The summed E-state index contributed by atoms with van der Waals surface area (Å²) < 4.78 is 7.65.